The van der Waals surface area contributed by atoms with Crippen molar-refractivity contribution in [1.29, 1.82) is 5.26 Å². The molecular formula is C16H19N3O4. The summed E-state index contributed by atoms with van der Waals surface area (Å²) in [6.45, 7) is 3.04. The van der Waals surface area contributed by atoms with Crippen molar-refractivity contribution < 1.29 is 19.1 Å². The zero-order valence-corrected chi connectivity index (χ0v) is 13.3. The minimum Gasteiger partial charge on any atom is -0.467 e. The van der Waals surface area contributed by atoms with E-state index in [0.29, 0.717) is 5.69 Å². The summed E-state index contributed by atoms with van der Waals surface area (Å²) in [6, 6.07) is 7.37. The molecule has 1 rings (SSSR count). The molecule has 1 aromatic carbocycles. The predicted molar refractivity (Wildman–Crippen MR) is 83.4 cm³/mol. The van der Waals surface area contributed by atoms with E-state index < -0.39 is 23.8 Å². The Morgan fingerprint density at radius 1 is 1.35 bits per heavy atom. The maximum atomic E-state index is 12.3. The van der Waals surface area contributed by atoms with Gasteiger partial charge in [0.05, 0.1) is 13.2 Å². The highest BCUT2D eigenvalue weighted by Gasteiger charge is 2.28. The van der Waals surface area contributed by atoms with Gasteiger partial charge in [-0.05, 0) is 18.2 Å². The van der Waals surface area contributed by atoms with Crippen molar-refractivity contribution in [2.24, 2.45) is 5.92 Å². The summed E-state index contributed by atoms with van der Waals surface area (Å²) in [6.07, 6.45) is 0.103. The lowest BCUT2D eigenvalue weighted by Gasteiger charge is -2.21. The summed E-state index contributed by atoms with van der Waals surface area (Å²) in [7, 11) is 1.22. The predicted octanol–water partition coefficient (Wildman–Crippen LogP) is 1.47. The number of rotatable bonds is 6. The summed E-state index contributed by atoms with van der Waals surface area (Å²) in [5, 5.41) is 13.9. The third-order valence-electron chi connectivity index (χ3n) is 3.17. The molecule has 0 radical (unpaired) electrons. The Hall–Kier alpha value is -2.88. The van der Waals surface area contributed by atoms with Crippen molar-refractivity contribution in [3.05, 3.63) is 29.8 Å². The van der Waals surface area contributed by atoms with Gasteiger partial charge in [0.15, 0.2) is 0 Å². The molecule has 23 heavy (non-hydrogen) atoms. The second kappa shape index (κ2) is 8.54. The highest BCUT2D eigenvalue weighted by atomic mass is 16.5. The molecule has 7 heteroatoms. The summed E-state index contributed by atoms with van der Waals surface area (Å²) in [4.78, 5) is 35.2. The van der Waals surface area contributed by atoms with Gasteiger partial charge in [0.2, 0.25) is 5.91 Å². The Kier molecular flexibility index (Phi) is 6.74. The highest BCUT2D eigenvalue weighted by molar-refractivity contribution is 5.98. The van der Waals surface area contributed by atoms with Gasteiger partial charge in [-0.1, -0.05) is 13.0 Å². The zero-order chi connectivity index (χ0) is 17.4. The van der Waals surface area contributed by atoms with Crippen molar-refractivity contribution >= 4 is 23.5 Å². The van der Waals surface area contributed by atoms with E-state index >= 15 is 0 Å². The molecule has 2 atom stereocenters. The first kappa shape index (κ1) is 18.2. The number of esters is 1. The van der Waals surface area contributed by atoms with Gasteiger partial charge in [0.25, 0.3) is 5.91 Å². The van der Waals surface area contributed by atoms with Crippen LogP contribution in [0, 0.1) is 17.2 Å². The van der Waals surface area contributed by atoms with Crippen LogP contribution in [0.25, 0.3) is 0 Å². The number of nitriles is 1. The van der Waals surface area contributed by atoms with Gasteiger partial charge in [0.1, 0.15) is 6.04 Å². The first-order chi connectivity index (χ1) is 10.9. The third-order valence-corrected chi connectivity index (χ3v) is 3.17. The number of methoxy groups -OCH3 is 1. The Morgan fingerprint density at radius 2 is 2.04 bits per heavy atom. The summed E-state index contributed by atoms with van der Waals surface area (Å²) < 4.78 is 4.67. The molecule has 0 aliphatic heterocycles. The molecule has 0 unspecified atom stereocenters. The number of hydrogen-bond donors (Lipinski definition) is 2. The van der Waals surface area contributed by atoms with Crippen molar-refractivity contribution in [3.63, 3.8) is 0 Å². The molecule has 1 aromatic rings. The molecule has 0 spiro atoms. The largest absolute Gasteiger partial charge is 0.467 e. The topological polar surface area (TPSA) is 108 Å². The highest BCUT2D eigenvalue weighted by Crippen LogP contribution is 2.13. The van der Waals surface area contributed by atoms with Gasteiger partial charge in [-0.3, -0.25) is 9.59 Å². The van der Waals surface area contributed by atoms with Crippen LogP contribution in [0.1, 0.15) is 30.6 Å². The number of nitrogens with one attached hydrogen (secondary N) is 2. The number of carbonyl (C=O) groups excluding carboxylic acids is 3. The molecule has 0 heterocycles. The average Bonchev–Trinajstić information content (AvgIpc) is 2.51. The minimum atomic E-state index is -0.920. The minimum absolute atomic E-state index is 0.103. The molecular weight excluding hydrogens is 298 g/mol. The fourth-order valence-corrected chi connectivity index (χ4v) is 1.99. The van der Waals surface area contributed by atoms with E-state index in [0.717, 1.165) is 0 Å². The fraction of sp³-hybridized carbons (Fsp3) is 0.375. The third kappa shape index (κ3) is 5.43. The molecule has 2 N–H and O–H groups in total. The number of carbonyl (C=O) groups is 3. The molecule has 0 saturated carbocycles. The number of amides is 2. The second-order valence-electron chi connectivity index (χ2n) is 5.08. The van der Waals surface area contributed by atoms with Gasteiger partial charge in [-0.15, -0.1) is 0 Å². The van der Waals surface area contributed by atoms with E-state index in [-0.39, 0.29) is 17.9 Å². The number of hydrogen-bond acceptors (Lipinski definition) is 5. The lowest BCUT2D eigenvalue weighted by atomic mass is 9.98. The van der Waals surface area contributed by atoms with Crippen LogP contribution in [0.2, 0.25) is 0 Å². The van der Waals surface area contributed by atoms with Gasteiger partial charge in [-0.25, -0.2) is 4.79 Å². The Bertz CT molecular complexity index is 636. The first-order valence-corrected chi connectivity index (χ1v) is 7.02. The average molecular weight is 317 g/mol. The van der Waals surface area contributed by atoms with E-state index in [1.807, 2.05) is 6.07 Å². The van der Waals surface area contributed by atoms with E-state index in [4.69, 9.17) is 5.26 Å². The van der Waals surface area contributed by atoms with Crippen molar-refractivity contribution in [2.75, 3.05) is 12.4 Å². The molecule has 0 aliphatic carbocycles. The Labute approximate surface area is 134 Å². The van der Waals surface area contributed by atoms with E-state index in [2.05, 4.69) is 15.4 Å². The molecule has 0 fully saturated rings. The van der Waals surface area contributed by atoms with Crippen LogP contribution in [0.15, 0.2) is 24.3 Å². The van der Waals surface area contributed by atoms with E-state index in [1.165, 1.54) is 20.1 Å². The normalized spacial score (nSPS) is 12.4. The lowest BCUT2D eigenvalue weighted by molar-refractivity contribution is -0.144. The van der Waals surface area contributed by atoms with Gasteiger partial charge in [-0.2, -0.15) is 5.26 Å². The Balaban J connectivity index is 2.92. The second-order valence-corrected chi connectivity index (χ2v) is 5.08. The van der Waals surface area contributed by atoms with Crippen molar-refractivity contribution in [2.45, 2.75) is 26.3 Å². The van der Waals surface area contributed by atoms with Gasteiger partial charge < -0.3 is 15.4 Å². The van der Waals surface area contributed by atoms with Crippen molar-refractivity contribution in [1.82, 2.24) is 5.32 Å². The van der Waals surface area contributed by atoms with Crippen LogP contribution in [-0.4, -0.2) is 30.9 Å². The molecule has 0 aliphatic rings. The van der Waals surface area contributed by atoms with Crippen LogP contribution in [0.5, 0.6) is 0 Å². The molecule has 2 amide bonds. The SMILES string of the molecule is COC(=O)[C@H](NC(=O)c1cccc(NC(C)=O)c1)[C@@H](C)CC#N. The number of ether oxygens (including phenoxy) is 1. The van der Waals surface area contributed by atoms with Crippen LogP contribution in [-0.2, 0) is 14.3 Å². The van der Waals surface area contributed by atoms with Gasteiger partial charge >= 0.3 is 5.97 Å². The quantitative estimate of drug-likeness (QED) is 0.772. The van der Waals surface area contributed by atoms with Crippen LogP contribution in [0.4, 0.5) is 5.69 Å². The fourth-order valence-electron chi connectivity index (χ4n) is 1.99. The van der Waals surface area contributed by atoms with Crippen molar-refractivity contribution in [3.8, 4) is 6.07 Å². The summed E-state index contributed by atoms with van der Waals surface area (Å²) >= 11 is 0. The molecule has 0 aromatic heterocycles. The first-order valence-electron chi connectivity index (χ1n) is 7.02. The molecule has 122 valence electrons. The van der Waals surface area contributed by atoms with E-state index in [1.54, 1.807) is 25.1 Å². The number of anilines is 1. The Morgan fingerprint density at radius 3 is 2.61 bits per heavy atom. The van der Waals surface area contributed by atoms with Crippen LogP contribution < -0.4 is 10.6 Å². The summed E-state index contributed by atoms with van der Waals surface area (Å²) in [5.74, 6) is -1.75. The number of benzene rings is 1. The molecule has 0 bridgehead atoms. The van der Waals surface area contributed by atoms with Crippen LogP contribution in [0.3, 0.4) is 0 Å². The van der Waals surface area contributed by atoms with Crippen LogP contribution >= 0.6 is 0 Å². The maximum absolute atomic E-state index is 12.3. The standard InChI is InChI=1S/C16H19N3O4/c1-10(7-8-17)14(16(22)23-3)19-15(21)12-5-4-6-13(9-12)18-11(2)20/h4-6,9-10,14H,7H2,1-3H3,(H,18,20)(H,19,21)/t10-,14+/m0/s1. The maximum Gasteiger partial charge on any atom is 0.328 e. The van der Waals surface area contributed by atoms with E-state index in [9.17, 15) is 14.4 Å². The molecule has 0 saturated heterocycles. The monoisotopic (exact) mass is 317 g/mol. The summed E-state index contributed by atoms with van der Waals surface area (Å²) in [5.41, 5.74) is 0.763. The zero-order valence-electron chi connectivity index (χ0n) is 13.3. The number of nitrogens with zero attached hydrogens (tertiary/aromatic N) is 1. The molecule has 7 nitrogen and oxygen atoms in total. The van der Waals surface area contributed by atoms with Gasteiger partial charge in [0, 0.05) is 30.5 Å². The lowest BCUT2D eigenvalue weighted by Crippen LogP contribution is -2.45. The smallest absolute Gasteiger partial charge is 0.328 e.